The third-order valence-electron chi connectivity index (χ3n) is 2.13. The van der Waals surface area contributed by atoms with Gasteiger partial charge in [-0.05, 0) is 34.1 Å². The average Bonchev–Trinajstić information content (AvgIpc) is 2.77. The number of aromatic nitrogens is 2. The van der Waals surface area contributed by atoms with Gasteiger partial charge < -0.3 is 15.4 Å². The predicted octanol–water partition coefficient (Wildman–Crippen LogP) is 1.63. The molecule has 0 saturated carbocycles. The molecule has 0 fully saturated rings. The van der Waals surface area contributed by atoms with Crippen molar-refractivity contribution in [1.82, 2.24) is 10.1 Å². The van der Waals surface area contributed by atoms with Crippen molar-refractivity contribution < 1.29 is 14.0 Å². The van der Waals surface area contributed by atoms with E-state index in [1.165, 1.54) is 18.2 Å². The number of aliphatic hydroxyl groups is 1. The predicted molar refractivity (Wildman–Crippen MR) is 61.4 cm³/mol. The highest BCUT2D eigenvalue weighted by atomic mass is 79.9. The fourth-order valence-electron chi connectivity index (χ4n) is 1.24. The Morgan fingerprint density at radius 3 is 2.94 bits per heavy atom. The molecule has 17 heavy (non-hydrogen) atoms. The average molecular weight is 302 g/mol. The van der Waals surface area contributed by atoms with Crippen molar-refractivity contribution in [3.8, 4) is 11.4 Å². The van der Waals surface area contributed by atoms with Gasteiger partial charge in [0.1, 0.15) is 11.9 Å². The maximum atomic E-state index is 12.9. The van der Waals surface area contributed by atoms with Gasteiger partial charge in [-0.15, -0.1) is 0 Å². The van der Waals surface area contributed by atoms with Crippen LogP contribution in [0, 0.1) is 5.82 Å². The molecule has 1 heterocycles. The van der Waals surface area contributed by atoms with Crippen molar-refractivity contribution in [2.45, 2.75) is 6.04 Å². The molecule has 0 amide bonds. The van der Waals surface area contributed by atoms with Crippen LogP contribution in [0.25, 0.3) is 11.4 Å². The lowest BCUT2D eigenvalue weighted by molar-refractivity contribution is 0.237. The van der Waals surface area contributed by atoms with Crippen LogP contribution in [0.1, 0.15) is 11.9 Å². The van der Waals surface area contributed by atoms with Gasteiger partial charge in [0.2, 0.25) is 11.7 Å². The standard InChI is InChI=1S/C10H9BrFN3O2/c11-7-3-5(12)1-2-6(7)9-14-10(17-15-9)8(13)4-16/h1-3,8,16H,4,13H2/t8-/m0/s1. The van der Waals surface area contributed by atoms with Crippen LogP contribution in [0.2, 0.25) is 0 Å². The second-order valence-electron chi connectivity index (χ2n) is 3.37. The van der Waals surface area contributed by atoms with Crippen LogP contribution in [0.4, 0.5) is 4.39 Å². The quantitative estimate of drug-likeness (QED) is 0.900. The molecule has 0 radical (unpaired) electrons. The zero-order valence-corrected chi connectivity index (χ0v) is 10.2. The molecule has 0 aliphatic carbocycles. The Bertz CT molecular complexity index is 532. The molecular formula is C10H9BrFN3O2. The van der Waals surface area contributed by atoms with Gasteiger partial charge in [-0.2, -0.15) is 4.98 Å². The van der Waals surface area contributed by atoms with Crippen molar-refractivity contribution in [1.29, 1.82) is 0 Å². The molecule has 0 bridgehead atoms. The lowest BCUT2D eigenvalue weighted by Crippen LogP contribution is -2.14. The van der Waals surface area contributed by atoms with E-state index < -0.39 is 6.04 Å². The van der Waals surface area contributed by atoms with Crippen LogP contribution < -0.4 is 5.73 Å². The van der Waals surface area contributed by atoms with Crippen molar-refractivity contribution in [3.63, 3.8) is 0 Å². The fourth-order valence-corrected chi connectivity index (χ4v) is 1.77. The van der Waals surface area contributed by atoms with E-state index in [2.05, 4.69) is 26.1 Å². The van der Waals surface area contributed by atoms with Crippen molar-refractivity contribution >= 4 is 15.9 Å². The fraction of sp³-hybridized carbons (Fsp3) is 0.200. The molecule has 7 heteroatoms. The highest BCUT2D eigenvalue weighted by Gasteiger charge is 2.16. The third kappa shape index (κ3) is 2.51. The number of halogens is 2. The number of nitrogens with two attached hydrogens (primary N) is 1. The van der Waals surface area contributed by atoms with E-state index >= 15 is 0 Å². The summed E-state index contributed by atoms with van der Waals surface area (Å²) in [5.74, 6) is 0.0610. The summed E-state index contributed by atoms with van der Waals surface area (Å²) in [5.41, 5.74) is 6.12. The monoisotopic (exact) mass is 301 g/mol. The van der Waals surface area contributed by atoms with Crippen LogP contribution in [-0.4, -0.2) is 21.9 Å². The van der Waals surface area contributed by atoms with E-state index in [4.69, 9.17) is 15.4 Å². The summed E-state index contributed by atoms with van der Waals surface area (Å²) in [4.78, 5) is 4.03. The molecule has 3 N–H and O–H groups in total. The van der Waals surface area contributed by atoms with Crippen LogP contribution in [0.15, 0.2) is 27.2 Å². The molecule has 90 valence electrons. The van der Waals surface area contributed by atoms with E-state index in [1.807, 2.05) is 0 Å². The Hall–Kier alpha value is -1.31. The maximum Gasteiger partial charge on any atom is 0.246 e. The zero-order valence-electron chi connectivity index (χ0n) is 8.60. The van der Waals surface area contributed by atoms with Crippen LogP contribution in [0.5, 0.6) is 0 Å². The van der Waals surface area contributed by atoms with Crippen molar-refractivity contribution in [2.24, 2.45) is 5.73 Å². The largest absolute Gasteiger partial charge is 0.394 e. The van der Waals surface area contributed by atoms with E-state index in [-0.39, 0.29) is 24.1 Å². The molecule has 0 aliphatic rings. The van der Waals surface area contributed by atoms with E-state index in [1.54, 1.807) is 0 Å². The Morgan fingerprint density at radius 1 is 1.53 bits per heavy atom. The van der Waals surface area contributed by atoms with Gasteiger partial charge in [0.25, 0.3) is 0 Å². The SMILES string of the molecule is N[C@@H](CO)c1nc(-c2ccc(F)cc2Br)no1. The number of benzene rings is 1. The molecule has 0 spiro atoms. The molecule has 0 unspecified atom stereocenters. The number of nitrogens with zero attached hydrogens (tertiary/aromatic N) is 2. The Kier molecular flexibility index (Phi) is 3.51. The molecule has 0 saturated heterocycles. The molecule has 0 aliphatic heterocycles. The summed E-state index contributed by atoms with van der Waals surface area (Å²) in [7, 11) is 0. The van der Waals surface area contributed by atoms with Gasteiger partial charge in [0, 0.05) is 10.0 Å². The van der Waals surface area contributed by atoms with Crippen LogP contribution in [-0.2, 0) is 0 Å². The molecule has 1 atom stereocenters. The van der Waals surface area contributed by atoms with Crippen LogP contribution in [0.3, 0.4) is 0 Å². The first kappa shape index (κ1) is 12.2. The van der Waals surface area contributed by atoms with Gasteiger partial charge in [0.05, 0.1) is 6.61 Å². The van der Waals surface area contributed by atoms with Gasteiger partial charge in [0.15, 0.2) is 0 Å². The Labute approximate surface area is 105 Å². The zero-order chi connectivity index (χ0) is 12.4. The number of aliphatic hydroxyl groups excluding tert-OH is 1. The third-order valence-corrected chi connectivity index (χ3v) is 2.78. The highest BCUT2D eigenvalue weighted by Crippen LogP contribution is 2.27. The lowest BCUT2D eigenvalue weighted by atomic mass is 10.2. The summed E-state index contributed by atoms with van der Waals surface area (Å²) < 4.78 is 18.3. The summed E-state index contributed by atoms with van der Waals surface area (Å²) in [5, 5.41) is 12.6. The number of hydrogen-bond donors (Lipinski definition) is 2. The van der Waals surface area contributed by atoms with E-state index in [0.717, 1.165) is 0 Å². The molecule has 2 rings (SSSR count). The first-order valence-corrected chi connectivity index (χ1v) is 5.56. The van der Waals surface area contributed by atoms with Crippen molar-refractivity contribution in [2.75, 3.05) is 6.61 Å². The summed E-state index contributed by atoms with van der Waals surface area (Å²) in [6.07, 6.45) is 0. The minimum atomic E-state index is -0.713. The topological polar surface area (TPSA) is 85.2 Å². The molecule has 5 nitrogen and oxygen atoms in total. The summed E-state index contributed by atoms with van der Waals surface area (Å²) in [6.45, 7) is -0.285. The van der Waals surface area contributed by atoms with Crippen molar-refractivity contribution in [3.05, 3.63) is 34.4 Å². The van der Waals surface area contributed by atoms with Crippen LogP contribution >= 0.6 is 15.9 Å². The molecule has 1 aromatic heterocycles. The summed E-state index contributed by atoms with van der Waals surface area (Å²) in [6, 6.07) is 3.41. The Balaban J connectivity index is 2.37. The molecule has 2 aromatic rings. The molecular weight excluding hydrogens is 293 g/mol. The number of hydrogen-bond acceptors (Lipinski definition) is 5. The second kappa shape index (κ2) is 4.91. The van der Waals surface area contributed by atoms with Gasteiger partial charge >= 0.3 is 0 Å². The smallest absolute Gasteiger partial charge is 0.246 e. The maximum absolute atomic E-state index is 12.9. The first-order valence-electron chi connectivity index (χ1n) is 4.77. The van der Waals surface area contributed by atoms with Gasteiger partial charge in [-0.3, -0.25) is 0 Å². The van der Waals surface area contributed by atoms with E-state index in [0.29, 0.717) is 10.0 Å². The number of rotatable bonds is 3. The minimum absolute atomic E-state index is 0.138. The van der Waals surface area contributed by atoms with E-state index in [9.17, 15) is 4.39 Å². The van der Waals surface area contributed by atoms with Gasteiger partial charge in [-0.1, -0.05) is 5.16 Å². The highest BCUT2D eigenvalue weighted by molar-refractivity contribution is 9.10. The first-order chi connectivity index (χ1) is 8.11. The Morgan fingerprint density at radius 2 is 2.29 bits per heavy atom. The normalized spacial score (nSPS) is 12.7. The lowest BCUT2D eigenvalue weighted by Gasteiger charge is -1.99. The van der Waals surface area contributed by atoms with Gasteiger partial charge in [-0.25, -0.2) is 4.39 Å². The summed E-state index contributed by atoms with van der Waals surface area (Å²) >= 11 is 3.20. The molecule has 1 aromatic carbocycles. The second-order valence-corrected chi connectivity index (χ2v) is 4.22. The minimum Gasteiger partial charge on any atom is -0.394 e.